The minimum atomic E-state index is -0.853. The number of hydrogen-bond acceptors (Lipinski definition) is 8. The first-order valence-electron chi connectivity index (χ1n) is 9.10. The summed E-state index contributed by atoms with van der Waals surface area (Å²) >= 11 is 1.40. The average Bonchev–Trinajstić information content (AvgIpc) is 2.73. The molecule has 3 aromatic rings. The van der Waals surface area contributed by atoms with Crippen molar-refractivity contribution in [2.75, 3.05) is 45.6 Å². The number of rotatable bonds is 6. The Hall–Kier alpha value is -2.72. The van der Waals surface area contributed by atoms with Crippen molar-refractivity contribution < 1.29 is 23.0 Å². The molecule has 0 spiro atoms. The van der Waals surface area contributed by atoms with Crippen LogP contribution in [0.25, 0.3) is 22.2 Å². The van der Waals surface area contributed by atoms with E-state index in [2.05, 4.69) is 15.0 Å². The summed E-state index contributed by atoms with van der Waals surface area (Å²) in [5, 5.41) is 1.21. The standard InChI is InChI=1S/C20H20F2N4O3S/c1-27-11-8-26(9-11)19-18-10(7-23-20(25-18)30-4)5-12(24-19)15-16(21)13(28-2)6-14(29-3)17(15)22/h5-7,11H,8-9H2,1-4H3. The molecule has 0 radical (unpaired) electrons. The fourth-order valence-corrected chi connectivity index (χ4v) is 3.66. The zero-order chi connectivity index (χ0) is 21.4. The third-order valence-corrected chi connectivity index (χ3v) is 5.58. The SMILES string of the molecule is COc1cc(OC)c(F)c(-c2cc3cnc(SC)nc3c(N3CC(OC)C3)n2)c1F. The van der Waals surface area contributed by atoms with Gasteiger partial charge in [-0.05, 0) is 12.3 Å². The molecule has 1 aliphatic rings. The number of benzene rings is 1. The summed E-state index contributed by atoms with van der Waals surface area (Å²) in [6.07, 6.45) is 3.57. The van der Waals surface area contributed by atoms with Gasteiger partial charge < -0.3 is 19.1 Å². The van der Waals surface area contributed by atoms with Crippen molar-refractivity contribution in [3.8, 4) is 22.8 Å². The van der Waals surface area contributed by atoms with Crippen LogP contribution in [0.4, 0.5) is 14.6 Å². The first-order valence-corrected chi connectivity index (χ1v) is 10.3. The van der Waals surface area contributed by atoms with Crippen molar-refractivity contribution in [1.82, 2.24) is 15.0 Å². The molecule has 10 heteroatoms. The molecule has 1 aliphatic heterocycles. The Morgan fingerprint density at radius 2 is 1.70 bits per heavy atom. The summed E-state index contributed by atoms with van der Waals surface area (Å²) in [6.45, 7) is 1.21. The van der Waals surface area contributed by atoms with Crippen molar-refractivity contribution in [2.45, 2.75) is 11.3 Å². The van der Waals surface area contributed by atoms with Crippen LogP contribution in [0.15, 0.2) is 23.5 Å². The number of anilines is 1. The fourth-order valence-electron chi connectivity index (χ4n) is 3.32. The van der Waals surface area contributed by atoms with Crippen LogP contribution in [0.1, 0.15) is 0 Å². The van der Waals surface area contributed by atoms with Gasteiger partial charge in [-0.3, -0.25) is 0 Å². The summed E-state index contributed by atoms with van der Waals surface area (Å²) in [5.41, 5.74) is 0.390. The normalized spacial score (nSPS) is 14.1. The second kappa shape index (κ2) is 8.19. The molecule has 2 aromatic heterocycles. The van der Waals surface area contributed by atoms with Gasteiger partial charge in [0, 0.05) is 37.8 Å². The number of thioether (sulfide) groups is 1. The zero-order valence-corrected chi connectivity index (χ0v) is 17.7. The van der Waals surface area contributed by atoms with Gasteiger partial charge in [0.05, 0.1) is 31.6 Å². The van der Waals surface area contributed by atoms with E-state index in [4.69, 9.17) is 14.2 Å². The van der Waals surface area contributed by atoms with Crippen LogP contribution >= 0.6 is 11.8 Å². The molecule has 0 atom stereocenters. The van der Waals surface area contributed by atoms with Gasteiger partial charge in [0.2, 0.25) is 0 Å². The minimum Gasteiger partial charge on any atom is -0.494 e. The first-order chi connectivity index (χ1) is 14.5. The van der Waals surface area contributed by atoms with Crippen LogP contribution < -0.4 is 14.4 Å². The van der Waals surface area contributed by atoms with Crippen molar-refractivity contribution in [3.05, 3.63) is 30.0 Å². The van der Waals surface area contributed by atoms with Crippen molar-refractivity contribution in [2.24, 2.45) is 0 Å². The van der Waals surface area contributed by atoms with Crippen LogP contribution in [0.5, 0.6) is 11.5 Å². The highest BCUT2D eigenvalue weighted by Crippen LogP contribution is 2.39. The maximum Gasteiger partial charge on any atom is 0.187 e. The molecule has 0 aliphatic carbocycles. The van der Waals surface area contributed by atoms with E-state index in [9.17, 15) is 0 Å². The number of methoxy groups -OCH3 is 3. The summed E-state index contributed by atoms with van der Waals surface area (Å²) in [5.74, 6) is -1.45. The molecule has 7 nitrogen and oxygen atoms in total. The summed E-state index contributed by atoms with van der Waals surface area (Å²) in [7, 11) is 4.26. The maximum atomic E-state index is 15.1. The lowest BCUT2D eigenvalue weighted by molar-refractivity contribution is 0.0785. The number of fused-ring (bicyclic) bond motifs is 1. The Balaban J connectivity index is 1.95. The Morgan fingerprint density at radius 3 is 2.27 bits per heavy atom. The van der Waals surface area contributed by atoms with Gasteiger partial charge in [-0.25, -0.2) is 23.7 Å². The van der Waals surface area contributed by atoms with E-state index >= 15 is 8.78 Å². The minimum absolute atomic E-state index is 0.0674. The van der Waals surface area contributed by atoms with Gasteiger partial charge in [0.25, 0.3) is 0 Å². The van der Waals surface area contributed by atoms with Crippen molar-refractivity contribution >= 4 is 28.5 Å². The number of ether oxygens (including phenoxy) is 3. The van der Waals surface area contributed by atoms with Crippen LogP contribution in [-0.4, -0.2) is 61.7 Å². The van der Waals surface area contributed by atoms with E-state index in [1.807, 2.05) is 11.2 Å². The van der Waals surface area contributed by atoms with Gasteiger partial charge in [-0.1, -0.05) is 11.8 Å². The molecule has 30 heavy (non-hydrogen) atoms. The lowest BCUT2D eigenvalue weighted by atomic mass is 10.1. The van der Waals surface area contributed by atoms with Gasteiger partial charge >= 0.3 is 0 Å². The van der Waals surface area contributed by atoms with Crippen molar-refractivity contribution in [3.63, 3.8) is 0 Å². The molecule has 0 unspecified atom stereocenters. The molecule has 0 N–H and O–H groups in total. The zero-order valence-electron chi connectivity index (χ0n) is 16.9. The lowest BCUT2D eigenvalue weighted by Gasteiger charge is -2.39. The Bertz CT molecular complexity index is 1080. The fraction of sp³-hybridized carbons (Fsp3) is 0.350. The number of halogens is 2. The monoisotopic (exact) mass is 434 g/mol. The molecule has 0 saturated carbocycles. The molecular formula is C20H20F2N4O3S. The van der Waals surface area contributed by atoms with Crippen LogP contribution in [0.2, 0.25) is 0 Å². The largest absolute Gasteiger partial charge is 0.494 e. The average molecular weight is 434 g/mol. The van der Waals surface area contributed by atoms with Crippen LogP contribution in [0, 0.1) is 11.6 Å². The Kier molecular flexibility index (Phi) is 5.61. The van der Waals surface area contributed by atoms with E-state index < -0.39 is 11.6 Å². The first kappa shape index (κ1) is 20.5. The Labute approximate surface area is 176 Å². The Morgan fingerprint density at radius 1 is 1.03 bits per heavy atom. The third kappa shape index (κ3) is 3.39. The molecule has 1 fully saturated rings. The highest BCUT2D eigenvalue weighted by molar-refractivity contribution is 7.98. The summed E-state index contributed by atoms with van der Waals surface area (Å²) < 4.78 is 45.6. The summed E-state index contributed by atoms with van der Waals surface area (Å²) in [6, 6.07) is 2.74. The van der Waals surface area contributed by atoms with E-state index in [0.29, 0.717) is 35.0 Å². The molecule has 3 heterocycles. The van der Waals surface area contributed by atoms with E-state index in [-0.39, 0.29) is 28.9 Å². The van der Waals surface area contributed by atoms with Gasteiger partial charge in [0.1, 0.15) is 5.52 Å². The molecule has 158 valence electrons. The highest BCUT2D eigenvalue weighted by atomic mass is 32.2. The van der Waals surface area contributed by atoms with E-state index in [1.165, 1.54) is 32.0 Å². The number of nitrogens with zero attached hydrogens (tertiary/aromatic N) is 4. The van der Waals surface area contributed by atoms with Crippen LogP contribution in [0.3, 0.4) is 0 Å². The molecule has 1 saturated heterocycles. The highest BCUT2D eigenvalue weighted by Gasteiger charge is 2.31. The van der Waals surface area contributed by atoms with E-state index in [1.54, 1.807) is 19.4 Å². The third-order valence-electron chi connectivity index (χ3n) is 5.02. The van der Waals surface area contributed by atoms with Gasteiger partial charge in [-0.15, -0.1) is 0 Å². The molecular weight excluding hydrogens is 414 g/mol. The lowest BCUT2D eigenvalue weighted by Crippen LogP contribution is -2.52. The van der Waals surface area contributed by atoms with Crippen molar-refractivity contribution in [1.29, 1.82) is 0 Å². The smallest absolute Gasteiger partial charge is 0.187 e. The quantitative estimate of drug-likeness (QED) is 0.431. The van der Waals surface area contributed by atoms with Gasteiger partial charge in [-0.2, -0.15) is 0 Å². The second-order valence-corrected chi connectivity index (χ2v) is 7.45. The number of pyridine rings is 1. The van der Waals surface area contributed by atoms with Gasteiger partial charge in [0.15, 0.2) is 34.1 Å². The maximum absolute atomic E-state index is 15.1. The number of aromatic nitrogens is 3. The van der Waals surface area contributed by atoms with E-state index in [0.717, 1.165) is 0 Å². The number of hydrogen-bond donors (Lipinski definition) is 0. The molecule has 4 rings (SSSR count). The van der Waals surface area contributed by atoms with Crippen LogP contribution in [-0.2, 0) is 4.74 Å². The topological polar surface area (TPSA) is 69.6 Å². The molecule has 1 aromatic carbocycles. The molecule has 0 amide bonds. The predicted molar refractivity (Wildman–Crippen MR) is 111 cm³/mol. The summed E-state index contributed by atoms with van der Waals surface area (Å²) in [4.78, 5) is 15.4. The molecule has 0 bridgehead atoms. The predicted octanol–water partition coefficient (Wildman–Crippen LogP) is 3.54. The second-order valence-electron chi connectivity index (χ2n) is 6.67.